The summed E-state index contributed by atoms with van der Waals surface area (Å²) in [6.07, 6.45) is 14.4. The Morgan fingerprint density at radius 1 is 1.00 bits per heavy atom. The molecule has 1 N–H and O–H groups in total. The highest BCUT2D eigenvalue weighted by molar-refractivity contribution is 7.98. The zero-order valence-corrected chi connectivity index (χ0v) is 19.2. The highest BCUT2D eigenvalue weighted by atomic mass is 79.9. The lowest BCUT2D eigenvalue weighted by atomic mass is 9.98. The highest BCUT2D eigenvalue weighted by Gasteiger charge is 2.23. The second-order valence-corrected chi connectivity index (χ2v) is 8.12. The maximum absolute atomic E-state index is 5.60. The van der Waals surface area contributed by atoms with Gasteiger partial charge in [0.05, 0.1) is 38.1 Å². The molecule has 0 aliphatic rings. The van der Waals surface area contributed by atoms with Gasteiger partial charge < -0.3 is 26.2 Å². The van der Waals surface area contributed by atoms with Crippen LogP contribution >= 0.6 is 24.2 Å². The van der Waals surface area contributed by atoms with Crippen molar-refractivity contribution < 1.29 is 21.5 Å². The van der Waals surface area contributed by atoms with Crippen LogP contribution in [0, 0.1) is 5.92 Å². The van der Waals surface area contributed by atoms with Crippen LogP contribution in [-0.2, 0) is 0 Å². The summed E-state index contributed by atoms with van der Waals surface area (Å²) in [4.78, 5) is 1.05. The summed E-state index contributed by atoms with van der Waals surface area (Å²) >= 11 is 7.23. The van der Waals surface area contributed by atoms with Crippen molar-refractivity contribution in [2.75, 3.05) is 33.4 Å². The van der Waals surface area contributed by atoms with Gasteiger partial charge in [-0.3, -0.25) is 0 Å². The van der Waals surface area contributed by atoms with Crippen molar-refractivity contribution in [1.29, 1.82) is 0 Å². The van der Waals surface area contributed by atoms with Gasteiger partial charge in [-0.05, 0) is 13.3 Å². The number of hydrogen-bond acceptors (Lipinski definition) is 2. The van der Waals surface area contributed by atoms with Crippen LogP contribution in [0.15, 0.2) is 0 Å². The molecular formula is C18H39BrN2S2. The summed E-state index contributed by atoms with van der Waals surface area (Å²) in [5, 5.41) is 0. The first-order valence-electron chi connectivity index (χ1n) is 9.11. The van der Waals surface area contributed by atoms with Gasteiger partial charge in [0.1, 0.15) is 0 Å². The third-order valence-corrected chi connectivity index (χ3v) is 5.54. The second-order valence-electron chi connectivity index (χ2n) is 7.07. The molecule has 1 atom stereocenters. The number of hydrogen-bond donors (Lipinski definition) is 1. The minimum Gasteiger partial charge on any atom is -1.00 e. The molecule has 0 saturated carbocycles. The molecule has 0 radical (unpaired) electrons. The largest absolute Gasteiger partial charge is 1.00 e. The van der Waals surface area contributed by atoms with Gasteiger partial charge in [0.2, 0.25) is 0 Å². The van der Waals surface area contributed by atoms with Crippen molar-refractivity contribution in [3.8, 4) is 0 Å². The molecule has 0 aliphatic heterocycles. The van der Waals surface area contributed by atoms with Crippen LogP contribution in [0.5, 0.6) is 0 Å². The van der Waals surface area contributed by atoms with Crippen LogP contribution in [0.2, 0.25) is 0 Å². The third-order valence-electron chi connectivity index (χ3n) is 4.55. The fourth-order valence-corrected chi connectivity index (χ4v) is 3.55. The lowest BCUT2D eigenvalue weighted by Gasteiger charge is -2.32. The summed E-state index contributed by atoms with van der Waals surface area (Å²) in [7, 11) is 4.62. The lowest BCUT2D eigenvalue weighted by molar-refractivity contribution is -0.890. The summed E-state index contributed by atoms with van der Waals surface area (Å²) in [5.74, 6) is 0.525. The number of rotatable bonds is 14. The fourth-order valence-electron chi connectivity index (χ4n) is 2.74. The number of nitrogens with zero attached hydrogens (tertiary/aromatic N) is 1. The van der Waals surface area contributed by atoms with Crippen LogP contribution in [0.4, 0.5) is 0 Å². The van der Waals surface area contributed by atoms with Gasteiger partial charge in [-0.15, -0.1) is 0 Å². The van der Waals surface area contributed by atoms with E-state index in [1.165, 1.54) is 57.8 Å². The Balaban J connectivity index is 0. The zero-order chi connectivity index (χ0) is 16.8. The quantitative estimate of drug-likeness (QED) is 0.198. The van der Waals surface area contributed by atoms with Crippen molar-refractivity contribution in [2.45, 2.75) is 71.6 Å². The van der Waals surface area contributed by atoms with E-state index < -0.39 is 0 Å². The molecule has 0 rings (SSSR count). The van der Waals surface area contributed by atoms with E-state index in [4.69, 9.17) is 12.2 Å². The van der Waals surface area contributed by atoms with Crippen molar-refractivity contribution >= 4 is 29.2 Å². The maximum Gasteiger partial charge on any atom is 0.0940 e. The minimum absolute atomic E-state index is 0. The highest BCUT2D eigenvalue weighted by Crippen LogP contribution is 2.18. The van der Waals surface area contributed by atoms with Gasteiger partial charge in [0, 0.05) is 6.26 Å². The normalized spacial score (nSPS) is 12.6. The van der Waals surface area contributed by atoms with Gasteiger partial charge in [-0.2, -0.15) is 0 Å². The zero-order valence-electron chi connectivity index (χ0n) is 16.0. The molecule has 0 aromatic carbocycles. The molecule has 0 aromatic rings. The first-order chi connectivity index (χ1) is 10.5. The van der Waals surface area contributed by atoms with E-state index in [2.05, 4.69) is 38.9 Å². The molecule has 0 spiro atoms. The average Bonchev–Trinajstić information content (AvgIpc) is 2.49. The number of thiocarbonyl (C=S) groups is 1. The molecule has 0 aromatic heterocycles. The Morgan fingerprint density at radius 2 is 1.52 bits per heavy atom. The second kappa shape index (κ2) is 16.2. The molecule has 2 nitrogen and oxygen atoms in total. The standard InChI is InChI=1S/C18H38N2S2.BrH/c1-6-8-9-10-11-12-13-14-15-17(18(21)19-22-5)16-20(3,4)7-2;/h17H,6-16H2,1-5H3;1H. The molecule has 0 amide bonds. The predicted molar refractivity (Wildman–Crippen MR) is 107 cm³/mol. The van der Waals surface area contributed by atoms with Crippen LogP contribution in [0.1, 0.15) is 71.6 Å². The summed E-state index contributed by atoms with van der Waals surface area (Å²) in [6.45, 7) is 6.86. The molecule has 23 heavy (non-hydrogen) atoms. The number of quaternary nitrogens is 1. The van der Waals surface area contributed by atoms with Crippen molar-refractivity contribution in [2.24, 2.45) is 5.92 Å². The van der Waals surface area contributed by atoms with Crippen LogP contribution in [0.25, 0.3) is 0 Å². The van der Waals surface area contributed by atoms with Crippen LogP contribution in [-0.4, -0.2) is 42.9 Å². The first kappa shape index (κ1) is 25.9. The average molecular weight is 428 g/mol. The fraction of sp³-hybridized carbons (Fsp3) is 0.944. The first-order valence-corrected chi connectivity index (χ1v) is 10.7. The van der Waals surface area contributed by atoms with Crippen LogP contribution < -0.4 is 21.7 Å². The minimum atomic E-state index is 0. The molecule has 140 valence electrons. The van der Waals surface area contributed by atoms with Crippen molar-refractivity contribution in [1.82, 2.24) is 4.72 Å². The van der Waals surface area contributed by atoms with E-state index in [0.717, 1.165) is 22.6 Å². The van der Waals surface area contributed by atoms with E-state index in [0.29, 0.717) is 5.92 Å². The molecule has 0 saturated heterocycles. The molecule has 5 heteroatoms. The smallest absolute Gasteiger partial charge is 0.0940 e. The van der Waals surface area contributed by atoms with E-state index in [1.54, 1.807) is 11.9 Å². The molecular weight excluding hydrogens is 388 g/mol. The summed E-state index contributed by atoms with van der Waals surface area (Å²) < 4.78 is 4.36. The van der Waals surface area contributed by atoms with Gasteiger partial charge in [0.15, 0.2) is 0 Å². The van der Waals surface area contributed by atoms with E-state index >= 15 is 0 Å². The molecule has 0 heterocycles. The predicted octanol–water partition coefficient (Wildman–Crippen LogP) is 2.43. The maximum atomic E-state index is 5.60. The van der Waals surface area contributed by atoms with Crippen LogP contribution in [0.3, 0.4) is 0 Å². The van der Waals surface area contributed by atoms with E-state index in [9.17, 15) is 0 Å². The molecule has 1 unspecified atom stereocenters. The molecule has 0 bridgehead atoms. The lowest BCUT2D eigenvalue weighted by Crippen LogP contribution is -3.00. The Labute approximate surface area is 166 Å². The Bertz CT molecular complexity index is 286. The SMILES string of the molecule is CCCCCCCCCCC(C[N+](C)(C)CC)C(=S)NSC.[Br-]. The Kier molecular flexibility index (Phi) is 18.2. The van der Waals surface area contributed by atoms with Crippen molar-refractivity contribution in [3.05, 3.63) is 0 Å². The van der Waals surface area contributed by atoms with E-state index in [-0.39, 0.29) is 17.0 Å². The summed E-state index contributed by atoms with van der Waals surface area (Å²) in [6, 6.07) is 0. The Hall–Kier alpha value is 0.680. The number of unbranched alkanes of at least 4 members (excludes halogenated alkanes) is 7. The number of halogens is 1. The van der Waals surface area contributed by atoms with Gasteiger partial charge in [0.25, 0.3) is 0 Å². The monoisotopic (exact) mass is 426 g/mol. The topological polar surface area (TPSA) is 12.0 Å². The summed E-state index contributed by atoms with van der Waals surface area (Å²) in [5.41, 5.74) is 0. The molecule has 0 fully saturated rings. The third kappa shape index (κ3) is 14.7. The van der Waals surface area contributed by atoms with Crippen molar-refractivity contribution in [3.63, 3.8) is 0 Å². The van der Waals surface area contributed by atoms with Gasteiger partial charge in [-0.25, -0.2) is 0 Å². The van der Waals surface area contributed by atoms with Gasteiger partial charge in [-0.1, -0.05) is 82.5 Å². The Morgan fingerprint density at radius 3 is 2.00 bits per heavy atom. The van der Waals surface area contributed by atoms with Gasteiger partial charge >= 0.3 is 0 Å². The molecule has 0 aliphatic carbocycles. The number of nitrogens with one attached hydrogen (secondary N) is 1. The van der Waals surface area contributed by atoms with E-state index in [1.807, 2.05) is 0 Å².